The highest BCUT2D eigenvalue weighted by Crippen LogP contribution is 2.25. The van der Waals surface area contributed by atoms with Crippen molar-refractivity contribution in [2.24, 2.45) is 10.2 Å². The van der Waals surface area contributed by atoms with Gasteiger partial charge in [0.05, 0.1) is 37.8 Å². The molecular weight excluding hydrogens is 891 g/mol. The lowest BCUT2D eigenvalue weighted by atomic mass is 10.1. The van der Waals surface area contributed by atoms with Gasteiger partial charge in [-0.05, 0) is 73.9 Å². The summed E-state index contributed by atoms with van der Waals surface area (Å²) in [5.74, 6) is -3.03. The lowest BCUT2D eigenvalue weighted by Crippen LogP contribution is -2.52. The molecule has 0 aromatic heterocycles. The summed E-state index contributed by atoms with van der Waals surface area (Å²) >= 11 is 0. The molecule has 4 aromatic carbocycles. The third kappa shape index (κ3) is 17.1. The number of nitrogens with one attached hydrogen (secondary N) is 2. The van der Waals surface area contributed by atoms with E-state index in [4.69, 9.17) is 11.1 Å². The van der Waals surface area contributed by atoms with Crippen LogP contribution in [0, 0.1) is 0 Å². The number of carbonyl (C=O) groups excluding carboxylic acids is 6. The number of likely N-dealkylation sites (N-methyl/N-ethyl adjacent to an activating group) is 1. The molecule has 4 rings (SSSR count). The Balaban J connectivity index is 1.69. The number of amides is 6. The quantitative estimate of drug-likeness (QED) is 0.0264. The molecule has 0 radical (unpaired) electrons. The maximum absolute atomic E-state index is 15.0. The molecule has 370 valence electrons. The zero-order valence-electron chi connectivity index (χ0n) is 40.7. The fourth-order valence-electron chi connectivity index (χ4n) is 7.83. The van der Waals surface area contributed by atoms with E-state index in [2.05, 4.69) is 30.7 Å². The summed E-state index contributed by atoms with van der Waals surface area (Å²) in [6, 6.07) is 34.9. The Hall–Kier alpha value is -7.72. The predicted octanol–water partition coefficient (Wildman–Crippen LogP) is 6.91. The van der Waals surface area contributed by atoms with Crippen molar-refractivity contribution in [3.8, 4) is 0 Å². The van der Waals surface area contributed by atoms with Crippen LogP contribution in [0.2, 0.25) is 0 Å². The molecule has 0 aliphatic heterocycles. The van der Waals surface area contributed by atoms with E-state index in [1.165, 1.54) is 31.5 Å². The van der Waals surface area contributed by atoms with Crippen LogP contribution in [-0.4, -0.2) is 132 Å². The zero-order valence-corrected chi connectivity index (χ0v) is 40.7. The third-order valence-corrected chi connectivity index (χ3v) is 12.1. The molecule has 0 bridgehead atoms. The van der Waals surface area contributed by atoms with Gasteiger partial charge < -0.3 is 35.1 Å². The van der Waals surface area contributed by atoms with Gasteiger partial charge in [-0.2, -0.15) is 0 Å². The summed E-state index contributed by atoms with van der Waals surface area (Å²) in [6.07, 6.45) is 0.482. The van der Waals surface area contributed by atoms with E-state index in [0.717, 1.165) is 16.7 Å². The number of hydrogen-bond acceptors (Lipinski definition) is 9. The highest BCUT2D eigenvalue weighted by molar-refractivity contribution is 5.92. The number of rotatable bonds is 28. The molecule has 0 saturated heterocycles. The van der Waals surface area contributed by atoms with Crippen molar-refractivity contribution in [1.29, 1.82) is 0 Å². The maximum Gasteiger partial charge on any atom is 0.243 e. The van der Waals surface area contributed by atoms with Crippen LogP contribution in [0.15, 0.2) is 132 Å². The van der Waals surface area contributed by atoms with Gasteiger partial charge >= 0.3 is 0 Å². The van der Waals surface area contributed by atoms with Crippen molar-refractivity contribution in [2.75, 3.05) is 72.5 Å². The van der Waals surface area contributed by atoms with E-state index in [-0.39, 0.29) is 64.1 Å². The van der Waals surface area contributed by atoms with Crippen molar-refractivity contribution in [3.05, 3.63) is 164 Å². The number of azide groups is 2. The predicted molar refractivity (Wildman–Crippen MR) is 267 cm³/mol. The minimum atomic E-state index is -0.707. The molecule has 0 aliphatic rings. The molecule has 0 fully saturated rings. The minimum Gasteiger partial charge on any atom is -0.358 e. The first-order valence-electron chi connectivity index (χ1n) is 23.4. The fraction of sp³-hybridized carbons (Fsp3) is 0.412. The van der Waals surface area contributed by atoms with Gasteiger partial charge in [0.15, 0.2) is 0 Å². The average Bonchev–Trinajstić information content (AvgIpc) is 3.39. The van der Waals surface area contributed by atoms with Crippen LogP contribution in [-0.2, 0) is 28.8 Å². The van der Waals surface area contributed by atoms with Crippen LogP contribution < -0.4 is 10.6 Å². The lowest BCUT2D eigenvalue weighted by Gasteiger charge is -2.36. The fourth-order valence-corrected chi connectivity index (χ4v) is 7.83. The first-order valence-corrected chi connectivity index (χ1v) is 23.4. The SMILES string of the molecule is CNC(=O)CN(C(=O)CN(CCCN=[N+]=[N-])C(=O)CN(C(=O)CN(C(=O)CN(CCCN=[N+]=[N-])C(=O)CN[C@@H](C)c1ccccc1)[C@@H](C)c1ccccc1)[C@@H](C)c1ccccc1)[C@@H](C)c1ccccc1. The third-order valence-electron chi connectivity index (χ3n) is 12.1. The topological polar surface area (TPSA) is 240 Å². The van der Waals surface area contributed by atoms with E-state index >= 15 is 4.79 Å². The van der Waals surface area contributed by atoms with Crippen molar-refractivity contribution < 1.29 is 28.8 Å². The number of carbonyl (C=O) groups is 6. The number of hydrogen-bond donors (Lipinski definition) is 2. The lowest BCUT2D eigenvalue weighted by molar-refractivity contribution is -0.150. The molecule has 6 amide bonds. The van der Waals surface area contributed by atoms with Crippen LogP contribution >= 0.6 is 0 Å². The van der Waals surface area contributed by atoms with E-state index in [1.54, 1.807) is 20.8 Å². The summed E-state index contributed by atoms with van der Waals surface area (Å²) in [5, 5.41) is 13.0. The second-order valence-corrected chi connectivity index (χ2v) is 16.8. The molecule has 0 heterocycles. The maximum atomic E-state index is 15.0. The van der Waals surface area contributed by atoms with Crippen LogP contribution in [0.5, 0.6) is 0 Å². The summed E-state index contributed by atoms with van der Waals surface area (Å²) in [5.41, 5.74) is 21.1. The van der Waals surface area contributed by atoms with Crippen LogP contribution in [0.4, 0.5) is 0 Å². The Morgan fingerprint density at radius 1 is 0.486 bits per heavy atom. The van der Waals surface area contributed by atoms with Crippen molar-refractivity contribution in [1.82, 2.24) is 35.1 Å². The van der Waals surface area contributed by atoms with Crippen LogP contribution in [0.3, 0.4) is 0 Å². The van der Waals surface area contributed by atoms with Gasteiger partial charge in [-0.25, -0.2) is 0 Å². The Bertz CT molecular complexity index is 2400. The number of nitrogens with zero attached hydrogens (tertiary/aromatic N) is 11. The number of benzene rings is 4. The monoisotopic (exact) mass is 956 g/mol. The standard InChI is InChI=1S/C51H65N13O6/c1-38(42-20-10-6-11-21-42)55-32-47(66)60(30-18-28-56-58-52)34-50(69)64(41(4)45-26-16-9-17-27-45)37-51(70)63(40(3)44-24-14-8-15-25-44)36-48(67)61(31-19-29-57-59-53)35-49(68)62(33-46(65)54-5)39(2)43-22-12-7-13-23-43/h6-17,20-27,38-41,55H,18-19,28-37H2,1-5H3,(H,54,65)/t38-,39-,40-,41-/m0/s1. The molecule has 19 nitrogen and oxygen atoms in total. The van der Waals surface area contributed by atoms with Gasteiger partial charge in [-0.3, -0.25) is 28.8 Å². The second-order valence-electron chi connectivity index (χ2n) is 16.8. The zero-order chi connectivity index (χ0) is 50.8. The van der Waals surface area contributed by atoms with Crippen molar-refractivity contribution >= 4 is 35.4 Å². The minimum absolute atomic E-state index is 0.0168. The van der Waals surface area contributed by atoms with E-state index < -0.39 is 73.8 Å². The first kappa shape index (κ1) is 54.9. The summed E-state index contributed by atoms with van der Waals surface area (Å²) in [6.45, 7) is 5.23. The first-order chi connectivity index (χ1) is 33.8. The van der Waals surface area contributed by atoms with Crippen LogP contribution in [0.25, 0.3) is 20.9 Å². The van der Waals surface area contributed by atoms with Gasteiger partial charge in [-0.15, -0.1) is 0 Å². The normalized spacial score (nSPS) is 12.4. The Labute approximate surface area is 410 Å². The largest absolute Gasteiger partial charge is 0.358 e. The van der Waals surface area contributed by atoms with Gasteiger partial charge in [0.1, 0.15) is 19.6 Å². The van der Waals surface area contributed by atoms with Gasteiger partial charge in [0.25, 0.3) is 0 Å². The van der Waals surface area contributed by atoms with E-state index in [1.807, 2.05) is 128 Å². The van der Waals surface area contributed by atoms with Crippen molar-refractivity contribution in [2.45, 2.75) is 64.7 Å². The molecule has 0 saturated carbocycles. The van der Waals surface area contributed by atoms with Crippen molar-refractivity contribution in [3.63, 3.8) is 0 Å². The molecule has 0 aliphatic carbocycles. The molecule has 4 atom stereocenters. The molecule has 4 aromatic rings. The average molecular weight is 956 g/mol. The molecule has 70 heavy (non-hydrogen) atoms. The Kier molecular flexibility index (Phi) is 22.9. The smallest absolute Gasteiger partial charge is 0.243 e. The molecule has 0 spiro atoms. The van der Waals surface area contributed by atoms with Crippen LogP contribution in [0.1, 0.15) is 87.0 Å². The second kappa shape index (κ2) is 29.2. The Morgan fingerprint density at radius 3 is 1.21 bits per heavy atom. The molecule has 19 heteroatoms. The van der Waals surface area contributed by atoms with E-state index in [9.17, 15) is 24.0 Å². The Morgan fingerprint density at radius 2 is 0.829 bits per heavy atom. The molecule has 0 unspecified atom stereocenters. The highest BCUT2D eigenvalue weighted by Gasteiger charge is 2.34. The molecule has 2 N–H and O–H groups in total. The van der Waals surface area contributed by atoms with E-state index in [0.29, 0.717) is 5.56 Å². The summed E-state index contributed by atoms with van der Waals surface area (Å²) in [4.78, 5) is 97.9. The summed E-state index contributed by atoms with van der Waals surface area (Å²) < 4.78 is 0. The van der Waals surface area contributed by atoms with Gasteiger partial charge in [-0.1, -0.05) is 132 Å². The van der Waals surface area contributed by atoms with Gasteiger partial charge in [0.2, 0.25) is 35.4 Å². The molecular formula is C51H65N13O6. The highest BCUT2D eigenvalue weighted by atomic mass is 16.2. The summed E-state index contributed by atoms with van der Waals surface area (Å²) in [7, 11) is 1.47. The van der Waals surface area contributed by atoms with Gasteiger partial charge in [0, 0.05) is 49.1 Å².